The number of hydrogen-bond acceptors (Lipinski definition) is 3. The van der Waals surface area contributed by atoms with E-state index in [2.05, 4.69) is 28.9 Å². The summed E-state index contributed by atoms with van der Waals surface area (Å²) in [5.41, 5.74) is 1.23. The number of amides is 1. The second kappa shape index (κ2) is 7.77. The Balaban J connectivity index is 1.92. The molecule has 1 amide bonds. The minimum Gasteiger partial charge on any atom is -0.354 e. The predicted octanol–water partition coefficient (Wildman–Crippen LogP) is 2.54. The van der Waals surface area contributed by atoms with Crippen molar-refractivity contribution >= 4 is 5.91 Å². The first-order chi connectivity index (χ1) is 10.5. The molecule has 1 aliphatic rings. The maximum Gasteiger partial charge on any atom is 0.223 e. The van der Waals surface area contributed by atoms with Crippen LogP contribution < -0.4 is 10.6 Å². The molecule has 0 bridgehead atoms. The standard InChI is InChI=1S/C17H30N4O/c1-5-16(14-10-18-21(4)11-14)20-15-8-6-7-13(9-15)17(22)19-12(2)3/h10-13,15-16,20H,5-9H2,1-4H3,(H,19,22)/t13-,15-,16-/m0/s1. The van der Waals surface area contributed by atoms with Crippen molar-refractivity contribution in [1.82, 2.24) is 20.4 Å². The van der Waals surface area contributed by atoms with E-state index in [0.29, 0.717) is 12.1 Å². The summed E-state index contributed by atoms with van der Waals surface area (Å²) in [5.74, 6) is 0.371. The zero-order valence-electron chi connectivity index (χ0n) is 14.3. The van der Waals surface area contributed by atoms with E-state index in [1.54, 1.807) is 0 Å². The van der Waals surface area contributed by atoms with Gasteiger partial charge in [-0.05, 0) is 39.5 Å². The Kier molecular flexibility index (Phi) is 6.00. The van der Waals surface area contributed by atoms with Crippen LogP contribution >= 0.6 is 0 Å². The van der Waals surface area contributed by atoms with Crippen LogP contribution in [-0.2, 0) is 11.8 Å². The van der Waals surface area contributed by atoms with Crippen LogP contribution in [0.4, 0.5) is 0 Å². The Bertz CT molecular complexity index is 483. The highest BCUT2D eigenvalue weighted by molar-refractivity contribution is 5.79. The molecule has 5 nitrogen and oxygen atoms in total. The Morgan fingerprint density at radius 2 is 2.23 bits per heavy atom. The number of nitrogens with one attached hydrogen (secondary N) is 2. The van der Waals surface area contributed by atoms with Crippen LogP contribution in [0.1, 0.15) is 64.5 Å². The molecule has 3 atom stereocenters. The molecule has 1 saturated carbocycles. The van der Waals surface area contributed by atoms with Crippen molar-refractivity contribution in [1.29, 1.82) is 0 Å². The van der Waals surface area contributed by atoms with Gasteiger partial charge in [0, 0.05) is 42.9 Å². The van der Waals surface area contributed by atoms with Crippen LogP contribution in [0.15, 0.2) is 12.4 Å². The van der Waals surface area contributed by atoms with E-state index in [4.69, 9.17) is 0 Å². The molecule has 1 aromatic heterocycles. The van der Waals surface area contributed by atoms with Crippen LogP contribution in [0.2, 0.25) is 0 Å². The van der Waals surface area contributed by atoms with E-state index in [9.17, 15) is 4.79 Å². The maximum atomic E-state index is 12.2. The lowest BCUT2D eigenvalue weighted by atomic mass is 9.84. The normalized spacial score (nSPS) is 23.5. The van der Waals surface area contributed by atoms with Crippen LogP contribution in [-0.4, -0.2) is 27.8 Å². The number of rotatable bonds is 6. The molecular weight excluding hydrogens is 276 g/mol. The van der Waals surface area contributed by atoms with Crippen LogP contribution in [0.25, 0.3) is 0 Å². The van der Waals surface area contributed by atoms with Gasteiger partial charge in [0.1, 0.15) is 0 Å². The Labute approximate surface area is 133 Å². The van der Waals surface area contributed by atoms with Gasteiger partial charge in [0.15, 0.2) is 0 Å². The van der Waals surface area contributed by atoms with E-state index < -0.39 is 0 Å². The fourth-order valence-corrected chi connectivity index (χ4v) is 3.34. The lowest BCUT2D eigenvalue weighted by molar-refractivity contribution is -0.126. The maximum absolute atomic E-state index is 12.2. The molecule has 0 unspecified atom stereocenters. The summed E-state index contributed by atoms with van der Waals surface area (Å²) in [6, 6.07) is 0.965. The molecule has 0 spiro atoms. The summed E-state index contributed by atoms with van der Waals surface area (Å²) in [4.78, 5) is 12.2. The topological polar surface area (TPSA) is 59.0 Å². The number of carbonyl (C=O) groups excluding carboxylic acids is 1. The van der Waals surface area contributed by atoms with Crippen LogP contribution in [0.5, 0.6) is 0 Å². The highest BCUT2D eigenvalue weighted by Gasteiger charge is 2.28. The largest absolute Gasteiger partial charge is 0.354 e. The Morgan fingerprint density at radius 3 is 2.82 bits per heavy atom. The third-order valence-corrected chi connectivity index (χ3v) is 4.45. The fraction of sp³-hybridized carbons (Fsp3) is 0.765. The molecule has 1 aliphatic carbocycles. The van der Waals surface area contributed by atoms with Gasteiger partial charge in [-0.2, -0.15) is 5.10 Å². The van der Waals surface area contributed by atoms with Gasteiger partial charge in [-0.3, -0.25) is 9.48 Å². The molecule has 0 radical (unpaired) electrons. The molecule has 1 heterocycles. The smallest absolute Gasteiger partial charge is 0.223 e. The number of hydrogen-bond donors (Lipinski definition) is 2. The Morgan fingerprint density at radius 1 is 1.45 bits per heavy atom. The fourth-order valence-electron chi connectivity index (χ4n) is 3.34. The second-order valence-electron chi connectivity index (χ2n) is 6.80. The van der Waals surface area contributed by atoms with Crippen molar-refractivity contribution in [2.45, 2.75) is 71.0 Å². The van der Waals surface area contributed by atoms with Gasteiger partial charge >= 0.3 is 0 Å². The lowest BCUT2D eigenvalue weighted by Crippen LogP contribution is -2.43. The summed E-state index contributed by atoms with van der Waals surface area (Å²) >= 11 is 0. The first-order valence-electron chi connectivity index (χ1n) is 8.54. The zero-order chi connectivity index (χ0) is 16.1. The first-order valence-corrected chi connectivity index (χ1v) is 8.54. The molecule has 0 aromatic carbocycles. The summed E-state index contributed by atoms with van der Waals surface area (Å²) < 4.78 is 1.85. The predicted molar refractivity (Wildman–Crippen MR) is 88.4 cm³/mol. The average molecular weight is 306 g/mol. The van der Waals surface area contributed by atoms with Crippen molar-refractivity contribution in [3.05, 3.63) is 18.0 Å². The lowest BCUT2D eigenvalue weighted by Gasteiger charge is -2.32. The van der Waals surface area contributed by atoms with E-state index in [0.717, 1.165) is 32.1 Å². The number of carbonyl (C=O) groups is 1. The molecule has 1 fully saturated rings. The van der Waals surface area contributed by atoms with Gasteiger partial charge in [0.05, 0.1) is 6.20 Å². The third-order valence-electron chi connectivity index (χ3n) is 4.45. The molecule has 2 N–H and O–H groups in total. The average Bonchev–Trinajstić information content (AvgIpc) is 2.91. The summed E-state index contributed by atoms with van der Waals surface area (Å²) in [7, 11) is 1.95. The van der Waals surface area contributed by atoms with Gasteiger partial charge in [0.2, 0.25) is 5.91 Å². The number of aryl methyl sites for hydroxylation is 1. The minimum absolute atomic E-state index is 0.153. The van der Waals surface area contributed by atoms with Crippen molar-refractivity contribution < 1.29 is 4.79 Å². The van der Waals surface area contributed by atoms with Gasteiger partial charge in [-0.1, -0.05) is 13.3 Å². The van der Waals surface area contributed by atoms with Gasteiger partial charge in [0.25, 0.3) is 0 Å². The van der Waals surface area contributed by atoms with E-state index in [1.165, 1.54) is 5.56 Å². The number of aromatic nitrogens is 2. The molecule has 0 saturated heterocycles. The summed E-state index contributed by atoms with van der Waals surface area (Å²) in [6.07, 6.45) is 9.28. The molecular formula is C17H30N4O. The van der Waals surface area contributed by atoms with Crippen molar-refractivity contribution in [2.75, 3.05) is 0 Å². The molecule has 124 valence electrons. The molecule has 22 heavy (non-hydrogen) atoms. The van der Waals surface area contributed by atoms with Crippen molar-refractivity contribution in [2.24, 2.45) is 13.0 Å². The summed E-state index contributed by atoms with van der Waals surface area (Å²) in [6.45, 7) is 6.23. The third kappa shape index (κ3) is 4.57. The quantitative estimate of drug-likeness (QED) is 0.849. The van der Waals surface area contributed by atoms with Gasteiger partial charge in [-0.15, -0.1) is 0 Å². The highest BCUT2D eigenvalue weighted by Crippen LogP contribution is 2.27. The SMILES string of the molecule is CC[C@H](N[C@H]1CCC[C@H](C(=O)NC(C)C)C1)c1cnn(C)c1. The zero-order valence-corrected chi connectivity index (χ0v) is 14.3. The van der Waals surface area contributed by atoms with Gasteiger partial charge < -0.3 is 10.6 Å². The monoisotopic (exact) mass is 306 g/mol. The van der Waals surface area contributed by atoms with Crippen LogP contribution in [0, 0.1) is 5.92 Å². The highest BCUT2D eigenvalue weighted by atomic mass is 16.1. The number of nitrogens with zero attached hydrogens (tertiary/aromatic N) is 2. The van der Waals surface area contributed by atoms with Crippen molar-refractivity contribution in [3.8, 4) is 0 Å². The molecule has 0 aliphatic heterocycles. The van der Waals surface area contributed by atoms with Crippen LogP contribution in [0.3, 0.4) is 0 Å². The first kappa shape index (κ1) is 17.0. The van der Waals surface area contributed by atoms with Crippen molar-refractivity contribution in [3.63, 3.8) is 0 Å². The molecule has 2 rings (SSSR count). The molecule has 5 heteroatoms. The summed E-state index contributed by atoms with van der Waals surface area (Å²) in [5, 5.41) is 11.1. The Hall–Kier alpha value is -1.36. The second-order valence-corrected chi connectivity index (χ2v) is 6.80. The van der Waals surface area contributed by atoms with E-state index in [-0.39, 0.29) is 17.9 Å². The molecule has 1 aromatic rings. The van der Waals surface area contributed by atoms with E-state index in [1.807, 2.05) is 31.8 Å². The van der Waals surface area contributed by atoms with E-state index >= 15 is 0 Å². The van der Waals surface area contributed by atoms with Gasteiger partial charge in [-0.25, -0.2) is 0 Å². The minimum atomic E-state index is 0.153.